The topological polar surface area (TPSA) is 43.6 Å². The van der Waals surface area contributed by atoms with Crippen molar-refractivity contribution in [2.45, 2.75) is 6.54 Å². The van der Waals surface area contributed by atoms with Crippen LogP contribution in [0.2, 0.25) is 5.02 Å². The monoisotopic (exact) mass is 288 g/mol. The van der Waals surface area contributed by atoms with Crippen molar-refractivity contribution in [2.75, 3.05) is 0 Å². The summed E-state index contributed by atoms with van der Waals surface area (Å²) in [4.78, 5) is 0. The molecule has 0 aliphatic carbocycles. The Kier molecular flexibility index (Phi) is 3.43. The van der Waals surface area contributed by atoms with Crippen molar-refractivity contribution in [3.05, 3.63) is 64.9 Å². The Hall–Kier alpha value is -2.27. The third-order valence-corrected chi connectivity index (χ3v) is 3.13. The number of tetrazole rings is 1. The molecule has 4 nitrogen and oxygen atoms in total. The number of aromatic nitrogens is 4. The van der Waals surface area contributed by atoms with Gasteiger partial charge in [0.15, 0.2) is 5.82 Å². The molecule has 0 aliphatic rings. The van der Waals surface area contributed by atoms with Crippen LogP contribution in [0.4, 0.5) is 4.39 Å². The van der Waals surface area contributed by atoms with Gasteiger partial charge in [0.2, 0.25) is 0 Å². The maximum absolute atomic E-state index is 12.9. The Bertz CT molecular complexity index is 707. The van der Waals surface area contributed by atoms with Crippen LogP contribution in [0.1, 0.15) is 5.56 Å². The smallest absolute Gasteiger partial charge is 0.182 e. The van der Waals surface area contributed by atoms with Crippen molar-refractivity contribution < 1.29 is 4.39 Å². The molecule has 100 valence electrons. The lowest BCUT2D eigenvalue weighted by molar-refractivity contribution is 0.622. The lowest BCUT2D eigenvalue weighted by atomic mass is 10.2. The van der Waals surface area contributed by atoms with Crippen molar-refractivity contribution in [3.8, 4) is 11.4 Å². The van der Waals surface area contributed by atoms with Crippen molar-refractivity contribution in [1.29, 1.82) is 0 Å². The molecule has 20 heavy (non-hydrogen) atoms. The molecule has 0 radical (unpaired) electrons. The molecule has 3 rings (SSSR count). The van der Waals surface area contributed by atoms with E-state index >= 15 is 0 Å². The third-order valence-electron chi connectivity index (χ3n) is 2.88. The zero-order valence-corrected chi connectivity index (χ0v) is 11.1. The first-order valence-corrected chi connectivity index (χ1v) is 6.37. The minimum Gasteiger partial charge on any atom is -0.221 e. The minimum atomic E-state index is -0.261. The fraction of sp³-hybridized carbons (Fsp3) is 0.0714. The van der Waals surface area contributed by atoms with Gasteiger partial charge in [0, 0.05) is 10.6 Å². The molecular formula is C14H10ClFN4. The van der Waals surface area contributed by atoms with Crippen LogP contribution in [0.3, 0.4) is 0 Å². The highest BCUT2D eigenvalue weighted by atomic mass is 35.5. The maximum atomic E-state index is 12.9. The van der Waals surface area contributed by atoms with E-state index in [1.54, 1.807) is 28.9 Å². The van der Waals surface area contributed by atoms with Gasteiger partial charge in [0.25, 0.3) is 0 Å². The lowest BCUT2D eigenvalue weighted by Crippen LogP contribution is -2.04. The minimum absolute atomic E-state index is 0.261. The third kappa shape index (κ3) is 2.67. The van der Waals surface area contributed by atoms with E-state index < -0.39 is 0 Å². The summed E-state index contributed by atoms with van der Waals surface area (Å²) < 4.78 is 14.6. The summed E-state index contributed by atoms with van der Waals surface area (Å²) in [7, 11) is 0. The highest BCUT2D eigenvalue weighted by Crippen LogP contribution is 2.19. The number of hydrogen-bond acceptors (Lipinski definition) is 3. The van der Waals surface area contributed by atoms with Gasteiger partial charge in [-0.15, -0.1) is 5.10 Å². The van der Waals surface area contributed by atoms with E-state index in [1.807, 2.05) is 12.1 Å². The first kappa shape index (κ1) is 12.7. The van der Waals surface area contributed by atoms with Crippen LogP contribution in [0, 0.1) is 5.82 Å². The first-order chi connectivity index (χ1) is 9.72. The van der Waals surface area contributed by atoms with Gasteiger partial charge in [-0.1, -0.05) is 23.7 Å². The average molecular weight is 289 g/mol. The van der Waals surface area contributed by atoms with E-state index in [-0.39, 0.29) is 5.82 Å². The van der Waals surface area contributed by atoms with Gasteiger partial charge in [0.05, 0.1) is 6.54 Å². The Labute approximate surface area is 119 Å². The maximum Gasteiger partial charge on any atom is 0.182 e. The number of nitrogens with zero attached hydrogens (tertiary/aromatic N) is 4. The summed E-state index contributed by atoms with van der Waals surface area (Å²) in [5.41, 5.74) is 1.80. The summed E-state index contributed by atoms with van der Waals surface area (Å²) in [6, 6.07) is 13.5. The Morgan fingerprint density at radius 1 is 1.00 bits per heavy atom. The Morgan fingerprint density at radius 2 is 1.70 bits per heavy atom. The summed E-state index contributed by atoms with van der Waals surface area (Å²) in [5, 5.41) is 12.3. The normalized spacial score (nSPS) is 10.7. The summed E-state index contributed by atoms with van der Waals surface area (Å²) in [6.45, 7) is 0.477. The largest absolute Gasteiger partial charge is 0.221 e. The molecule has 0 N–H and O–H groups in total. The Balaban J connectivity index is 1.90. The van der Waals surface area contributed by atoms with Crippen LogP contribution in [0.25, 0.3) is 11.4 Å². The molecule has 0 saturated heterocycles. The number of hydrogen-bond donors (Lipinski definition) is 0. The number of benzene rings is 2. The molecule has 3 aromatic rings. The van der Waals surface area contributed by atoms with Crippen molar-refractivity contribution >= 4 is 11.6 Å². The second-order valence-corrected chi connectivity index (χ2v) is 4.73. The van der Waals surface area contributed by atoms with Crippen LogP contribution >= 0.6 is 11.6 Å². The van der Waals surface area contributed by atoms with Gasteiger partial charge in [-0.2, -0.15) is 0 Å². The zero-order chi connectivity index (χ0) is 13.9. The van der Waals surface area contributed by atoms with E-state index in [4.69, 9.17) is 11.6 Å². The quantitative estimate of drug-likeness (QED) is 0.743. The summed E-state index contributed by atoms with van der Waals surface area (Å²) >= 11 is 5.86. The molecule has 2 aromatic carbocycles. The van der Waals surface area contributed by atoms with Crippen molar-refractivity contribution in [2.24, 2.45) is 0 Å². The average Bonchev–Trinajstić information content (AvgIpc) is 2.90. The van der Waals surface area contributed by atoms with Gasteiger partial charge < -0.3 is 0 Å². The molecule has 0 aliphatic heterocycles. The predicted octanol–water partition coefficient (Wildman–Crippen LogP) is 3.18. The van der Waals surface area contributed by atoms with Gasteiger partial charge in [-0.3, -0.25) is 0 Å². The van der Waals surface area contributed by atoms with Gasteiger partial charge in [-0.25, -0.2) is 9.07 Å². The molecule has 1 heterocycles. The van der Waals surface area contributed by atoms with Crippen molar-refractivity contribution in [1.82, 2.24) is 20.2 Å². The van der Waals surface area contributed by atoms with E-state index in [0.29, 0.717) is 17.4 Å². The second kappa shape index (κ2) is 5.38. The molecule has 0 bridgehead atoms. The van der Waals surface area contributed by atoms with E-state index in [1.165, 1.54) is 12.1 Å². The van der Waals surface area contributed by atoms with Crippen LogP contribution in [-0.4, -0.2) is 20.2 Å². The van der Waals surface area contributed by atoms with Crippen LogP contribution in [0.5, 0.6) is 0 Å². The van der Waals surface area contributed by atoms with Gasteiger partial charge in [0.1, 0.15) is 5.82 Å². The molecular weight excluding hydrogens is 279 g/mol. The summed E-state index contributed by atoms with van der Waals surface area (Å²) in [6.07, 6.45) is 0. The van der Waals surface area contributed by atoms with Crippen LogP contribution in [0.15, 0.2) is 48.5 Å². The number of halogens is 2. The molecule has 0 amide bonds. The molecule has 0 fully saturated rings. The number of rotatable bonds is 3. The molecule has 0 spiro atoms. The Morgan fingerprint density at radius 3 is 2.40 bits per heavy atom. The van der Waals surface area contributed by atoms with E-state index in [2.05, 4.69) is 15.5 Å². The molecule has 1 aromatic heterocycles. The van der Waals surface area contributed by atoms with Gasteiger partial charge >= 0.3 is 0 Å². The van der Waals surface area contributed by atoms with Gasteiger partial charge in [-0.05, 0) is 52.4 Å². The van der Waals surface area contributed by atoms with E-state index in [9.17, 15) is 4.39 Å². The van der Waals surface area contributed by atoms with Crippen LogP contribution in [-0.2, 0) is 6.54 Å². The summed E-state index contributed by atoms with van der Waals surface area (Å²) in [5.74, 6) is 0.384. The molecule has 0 unspecified atom stereocenters. The SMILES string of the molecule is Fc1ccc(Cn2nnnc2-c2ccc(Cl)cc2)cc1. The van der Waals surface area contributed by atoms with Crippen molar-refractivity contribution in [3.63, 3.8) is 0 Å². The highest BCUT2D eigenvalue weighted by molar-refractivity contribution is 6.30. The highest BCUT2D eigenvalue weighted by Gasteiger charge is 2.09. The fourth-order valence-electron chi connectivity index (χ4n) is 1.88. The predicted molar refractivity (Wildman–Crippen MR) is 73.8 cm³/mol. The van der Waals surface area contributed by atoms with E-state index in [0.717, 1.165) is 11.1 Å². The lowest BCUT2D eigenvalue weighted by Gasteiger charge is -2.05. The fourth-order valence-corrected chi connectivity index (χ4v) is 2.01. The first-order valence-electron chi connectivity index (χ1n) is 5.99. The molecule has 6 heteroatoms. The standard InChI is InChI=1S/C14H10ClFN4/c15-12-5-3-11(4-6-12)14-17-18-19-20(14)9-10-1-7-13(16)8-2-10/h1-8H,9H2. The second-order valence-electron chi connectivity index (χ2n) is 4.29. The zero-order valence-electron chi connectivity index (χ0n) is 10.4. The van der Waals surface area contributed by atoms with Crippen LogP contribution < -0.4 is 0 Å². The molecule has 0 saturated carbocycles. The molecule has 0 atom stereocenters.